The lowest BCUT2D eigenvalue weighted by atomic mass is 9.74. The van der Waals surface area contributed by atoms with Gasteiger partial charge < -0.3 is 10.0 Å². The average molecular weight is 377 g/mol. The third-order valence-corrected chi connectivity index (χ3v) is 5.68. The van der Waals surface area contributed by atoms with Crippen molar-refractivity contribution in [3.05, 3.63) is 71.9 Å². The summed E-state index contributed by atoms with van der Waals surface area (Å²) in [6, 6.07) is 19.6. The van der Waals surface area contributed by atoms with Crippen LogP contribution in [0.4, 0.5) is 0 Å². The lowest BCUT2D eigenvalue weighted by molar-refractivity contribution is 0.133. The van der Waals surface area contributed by atoms with E-state index in [1.54, 1.807) is 24.3 Å². The molecule has 2 heterocycles. The Hall–Kier alpha value is -2.39. The van der Waals surface area contributed by atoms with Gasteiger partial charge in [0.1, 0.15) is 5.75 Å². The molecule has 28 heavy (non-hydrogen) atoms. The van der Waals surface area contributed by atoms with Crippen LogP contribution >= 0.6 is 0 Å². The molecule has 1 N–H and O–H groups in total. The van der Waals surface area contributed by atoms with Gasteiger partial charge in [0.25, 0.3) is 0 Å². The Morgan fingerprint density at radius 2 is 1.64 bits per heavy atom. The normalized spacial score (nSPS) is 20.7. The monoisotopic (exact) mass is 376 g/mol. The van der Waals surface area contributed by atoms with Gasteiger partial charge >= 0.3 is 0 Å². The molecule has 0 spiro atoms. The molecule has 0 saturated carbocycles. The number of phenols is 1. The maximum atomic E-state index is 8.63. The smallest absolute Gasteiger partial charge is 0.115 e. The van der Waals surface area contributed by atoms with Crippen molar-refractivity contribution >= 4 is 10.9 Å². The molecule has 1 aliphatic carbocycles. The van der Waals surface area contributed by atoms with Crippen molar-refractivity contribution in [2.75, 3.05) is 20.1 Å². The van der Waals surface area contributed by atoms with Gasteiger partial charge in [0.2, 0.25) is 0 Å². The van der Waals surface area contributed by atoms with Crippen LogP contribution in [-0.2, 0) is 12.8 Å². The zero-order valence-corrected chi connectivity index (χ0v) is 17.3. The molecule has 3 nitrogen and oxygen atoms in total. The first kappa shape index (κ1) is 20.3. The van der Waals surface area contributed by atoms with Crippen LogP contribution < -0.4 is 0 Å². The van der Waals surface area contributed by atoms with Crippen LogP contribution in [0.5, 0.6) is 5.75 Å². The van der Waals surface area contributed by atoms with E-state index in [4.69, 9.17) is 10.1 Å². The SMILES string of the molecule is CC.CN1CCC2Cc3nc4ccccc4cc3CC2C1.Oc1ccccc1. The Kier molecular flexibility index (Phi) is 7.05. The minimum Gasteiger partial charge on any atom is -0.508 e. The van der Waals surface area contributed by atoms with E-state index in [9.17, 15) is 0 Å². The quantitative estimate of drug-likeness (QED) is 0.577. The molecule has 3 aromatic rings. The highest BCUT2D eigenvalue weighted by molar-refractivity contribution is 5.79. The molecule has 1 saturated heterocycles. The molecule has 2 atom stereocenters. The third kappa shape index (κ3) is 4.90. The lowest BCUT2D eigenvalue weighted by Crippen LogP contribution is -2.42. The molecule has 3 heteroatoms. The summed E-state index contributed by atoms with van der Waals surface area (Å²) in [6.45, 7) is 6.51. The van der Waals surface area contributed by atoms with Crippen molar-refractivity contribution in [1.29, 1.82) is 0 Å². The van der Waals surface area contributed by atoms with Gasteiger partial charge in [-0.3, -0.25) is 4.98 Å². The number of nitrogens with zero attached hydrogens (tertiary/aromatic N) is 2. The van der Waals surface area contributed by atoms with E-state index in [1.165, 1.54) is 49.0 Å². The van der Waals surface area contributed by atoms with Gasteiger partial charge in [0, 0.05) is 17.6 Å². The minimum atomic E-state index is 0.322. The zero-order chi connectivity index (χ0) is 19.9. The van der Waals surface area contributed by atoms with E-state index >= 15 is 0 Å². The van der Waals surface area contributed by atoms with Gasteiger partial charge in [-0.05, 0) is 74.5 Å². The molecular formula is C25H32N2O. The van der Waals surface area contributed by atoms with Crippen molar-refractivity contribution in [1.82, 2.24) is 9.88 Å². The van der Waals surface area contributed by atoms with Crippen molar-refractivity contribution in [3.8, 4) is 5.75 Å². The van der Waals surface area contributed by atoms with Crippen LogP contribution in [0, 0.1) is 11.8 Å². The van der Waals surface area contributed by atoms with Crippen molar-refractivity contribution in [2.45, 2.75) is 33.1 Å². The summed E-state index contributed by atoms with van der Waals surface area (Å²) < 4.78 is 0. The Labute approximate surface area is 169 Å². The van der Waals surface area contributed by atoms with Crippen LogP contribution in [0.3, 0.4) is 0 Å². The number of para-hydroxylation sites is 2. The summed E-state index contributed by atoms with van der Waals surface area (Å²) in [7, 11) is 2.25. The topological polar surface area (TPSA) is 36.4 Å². The lowest BCUT2D eigenvalue weighted by Gasteiger charge is -2.40. The number of phenolic OH excluding ortho intramolecular Hbond substituents is 1. The van der Waals surface area contributed by atoms with E-state index in [0.29, 0.717) is 5.75 Å². The third-order valence-electron chi connectivity index (χ3n) is 5.68. The van der Waals surface area contributed by atoms with Gasteiger partial charge in [0.05, 0.1) is 5.52 Å². The summed E-state index contributed by atoms with van der Waals surface area (Å²) >= 11 is 0. The van der Waals surface area contributed by atoms with E-state index in [2.05, 4.69) is 42.3 Å². The molecule has 1 aromatic heterocycles. The first-order valence-electron chi connectivity index (χ1n) is 10.5. The molecule has 2 unspecified atom stereocenters. The summed E-state index contributed by atoms with van der Waals surface area (Å²) in [5.41, 5.74) is 4.02. The molecule has 0 radical (unpaired) electrons. The molecular weight excluding hydrogens is 344 g/mol. The standard InChI is InChI=1S/C17H20N2.C6H6O.C2H6/c1-19-7-6-12-10-17-14(9-15(12)11-19)8-13-4-2-3-5-16(13)18-17;7-6-4-2-1-3-5-6;1-2/h2-5,8,12,15H,6-7,9-11H2,1H3;1-5,7H;1-2H3. The Bertz CT molecular complexity index is 878. The number of hydrogen-bond donors (Lipinski definition) is 1. The summed E-state index contributed by atoms with van der Waals surface area (Å²) in [5, 5.41) is 9.93. The number of aromatic hydroxyl groups is 1. The number of benzene rings is 2. The Morgan fingerprint density at radius 1 is 0.929 bits per heavy atom. The zero-order valence-electron chi connectivity index (χ0n) is 17.3. The molecule has 1 fully saturated rings. The van der Waals surface area contributed by atoms with Crippen LogP contribution in [0.25, 0.3) is 10.9 Å². The Balaban J connectivity index is 0.000000211. The number of rotatable bonds is 0. The number of piperidine rings is 1. The minimum absolute atomic E-state index is 0.322. The van der Waals surface area contributed by atoms with Crippen molar-refractivity contribution in [2.24, 2.45) is 11.8 Å². The highest BCUT2D eigenvalue weighted by Crippen LogP contribution is 2.35. The second-order valence-electron chi connectivity index (χ2n) is 7.60. The molecule has 0 amide bonds. The number of pyridine rings is 1. The fraction of sp³-hybridized carbons (Fsp3) is 0.400. The number of fused-ring (bicyclic) bond motifs is 3. The maximum absolute atomic E-state index is 8.63. The van der Waals surface area contributed by atoms with E-state index in [-0.39, 0.29) is 0 Å². The number of aromatic nitrogens is 1. The molecule has 1 aliphatic heterocycles. The van der Waals surface area contributed by atoms with E-state index in [0.717, 1.165) is 17.4 Å². The van der Waals surface area contributed by atoms with Crippen molar-refractivity contribution in [3.63, 3.8) is 0 Å². The van der Waals surface area contributed by atoms with Gasteiger partial charge in [-0.1, -0.05) is 50.2 Å². The van der Waals surface area contributed by atoms with Gasteiger partial charge in [-0.25, -0.2) is 0 Å². The molecule has 0 bridgehead atoms. The van der Waals surface area contributed by atoms with Gasteiger partial charge in [-0.15, -0.1) is 0 Å². The first-order valence-corrected chi connectivity index (χ1v) is 10.5. The van der Waals surface area contributed by atoms with Gasteiger partial charge in [-0.2, -0.15) is 0 Å². The second-order valence-corrected chi connectivity index (χ2v) is 7.60. The van der Waals surface area contributed by atoms with Crippen LogP contribution in [0.15, 0.2) is 60.7 Å². The number of likely N-dealkylation sites (tertiary alicyclic amines) is 1. The molecule has 2 aromatic carbocycles. The fourth-order valence-electron chi connectivity index (χ4n) is 4.27. The van der Waals surface area contributed by atoms with Crippen molar-refractivity contribution < 1.29 is 5.11 Å². The first-order chi connectivity index (χ1) is 13.7. The maximum Gasteiger partial charge on any atom is 0.115 e. The predicted molar refractivity (Wildman–Crippen MR) is 118 cm³/mol. The number of hydrogen-bond acceptors (Lipinski definition) is 3. The van der Waals surface area contributed by atoms with E-state index < -0.39 is 0 Å². The Morgan fingerprint density at radius 3 is 2.36 bits per heavy atom. The van der Waals surface area contributed by atoms with Crippen LogP contribution in [0.1, 0.15) is 31.5 Å². The van der Waals surface area contributed by atoms with Gasteiger partial charge in [0.15, 0.2) is 0 Å². The summed E-state index contributed by atoms with van der Waals surface area (Å²) in [5.74, 6) is 2.02. The molecule has 5 rings (SSSR count). The second kappa shape index (κ2) is 9.70. The van der Waals surface area contributed by atoms with Crippen LogP contribution in [0.2, 0.25) is 0 Å². The average Bonchev–Trinajstić information content (AvgIpc) is 2.73. The largest absolute Gasteiger partial charge is 0.508 e. The molecule has 148 valence electrons. The summed E-state index contributed by atoms with van der Waals surface area (Å²) in [4.78, 5) is 7.40. The fourth-order valence-corrected chi connectivity index (χ4v) is 4.27. The highest BCUT2D eigenvalue weighted by Gasteiger charge is 2.33. The highest BCUT2D eigenvalue weighted by atomic mass is 16.3. The molecule has 2 aliphatic rings. The summed E-state index contributed by atoms with van der Waals surface area (Å²) in [6.07, 6.45) is 3.76. The predicted octanol–water partition coefficient (Wildman–Crippen LogP) is 5.32. The van der Waals surface area contributed by atoms with E-state index in [1.807, 2.05) is 19.9 Å². The van der Waals surface area contributed by atoms with Crippen LogP contribution in [-0.4, -0.2) is 35.1 Å².